The number of hydrogen-bond donors (Lipinski definition) is 1. The molecule has 154 valence electrons. The van der Waals surface area contributed by atoms with Crippen LogP contribution in [0.1, 0.15) is 26.2 Å². The van der Waals surface area contributed by atoms with Crippen LogP contribution < -0.4 is 5.32 Å². The molecule has 1 fully saturated rings. The van der Waals surface area contributed by atoms with Gasteiger partial charge in [-0.2, -0.15) is 0 Å². The number of likely N-dealkylation sites (tertiary alicyclic amines) is 1. The Balaban J connectivity index is 1.63. The van der Waals surface area contributed by atoms with Gasteiger partial charge >= 0.3 is 0 Å². The molecule has 1 aromatic heterocycles. The first-order valence-corrected chi connectivity index (χ1v) is 10.3. The van der Waals surface area contributed by atoms with Crippen LogP contribution in [-0.2, 0) is 16.1 Å². The van der Waals surface area contributed by atoms with E-state index in [0.717, 1.165) is 42.7 Å². The first-order valence-electron chi connectivity index (χ1n) is 10.3. The number of anilines is 1. The second-order valence-electron chi connectivity index (χ2n) is 7.35. The molecule has 1 aliphatic heterocycles. The van der Waals surface area contributed by atoms with Crippen molar-refractivity contribution in [3.05, 3.63) is 54.6 Å². The van der Waals surface area contributed by atoms with E-state index in [2.05, 4.69) is 10.4 Å². The molecule has 0 unspecified atom stereocenters. The van der Waals surface area contributed by atoms with E-state index < -0.39 is 0 Å². The molecule has 1 N–H and O–H groups in total. The molecule has 1 saturated heterocycles. The van der Waals surface area contributed by atoms with Gasteiger partial charge in [-0.15, -0.1) is 5.10 Å². The van der Waals surface area contributed by atoms with Crippen LogP contribution in [0.25, 0.3) is 22.8 Å². The molecule has 1 aliphatic rings. The van der Waals surface area contributed by atoms with E-state index >= 15 is 0 Å². The molecule has 4 rings (SSSR count). The Hall–Kier alpha value is -3.48. The predicted molar refractivity (Wildman–Crippen MR) is 116 cm³/mol. The number of hydrogen-bond acceptors (Lipinski definition) is 4. The van der Waals surface area contributed by atoms with Crippen LogP contribution in [0.5, 0.6) is 0 Å². The lowest BCUT2D eigenvalue weighted by Gasteiger charge is -2.15. The molecule has 7 heteroatoms. The zero-order valence-corrected chi connectivity index (χ0v) is 17.0. The van der Waals surface area contributed by atoms with Gasteiger partial charge < -0.3 is 10.2 Å². The molecule has 0 bridgehead atoms. The summed E-state index contributed by atoms with van der Waals surface area (Å²) < 4.78 is 1.69. The summed E-state index contributed by atoms with van der Waals surface area (Å²) in [6, 6.07) is 17.2. The summed E-state index contributed by atoms with van der Waals surface area (Å²) in [7, 11) is 0. The van der Waals surface area contributed by atoms with E-state index in [1.165, 1.54) is 0 Å². The summed E-state index contributed by atoms with van der Waals surface area (Å²) in [5.41, 5.74) is 2.48. The molecule has 30 heavy (non-hydrogen) atoms. The van der Waals surface area contributed by atoms with E-state index in [0.29, 0.717) is 18.1 Å². The predicted octanol–water partition coefficient (Wildman–Crippen LogP) is 3.58. The van der Waals surface area contributed by atoms with Gasteiger partial charge in [-0.05, 0) is 37.1 Å². The monoisotopic (exact) mass is 403 g/mol. The third-order valence-electron chi connectivity index (χ3n) is 5.20. The smallest absolute Gasteiger partial charge is 0.244 e. The summed E-state index contributed by atoms with van der Waals surface area (Å²) in [5, 5.41) is 7.48. The lowest BCUT2D eigenvalue weighted by Crippen LogP contribution is -2.31. The van der Waals surface area contributed by atoms with Crippen LogP contribution >= 0.6 is 0 Å². The third kappa shape index (κ3) is 4.40. The lowest BCUT2D eigenvalue weighted by molar-refractivity contribution is -0.130. The summed E-state index contributed by atoms with van der Waals surface area (Å²) >= 11 is 0. The van der Waals surface area contributed by atoms with E-state index in [-0.39, 0.29) is 18.4 Å². The second-order valence-corrected chi connectivity index (χ2v) is 7.35. The standard InChI is InChI=1S/C23H25N5O2/c1-2-20(29)24-19-12-10-17(11-13-19)22-25-23(18-8-4-3-5-9-18)28(26-22)16-21(30)27-14-6-7-15-27/h3-5,8-13H,2,6-7,14-16H2,1H3,(H,24,29). The number of amides is 2. The minimum atomic E-state index is -0.0306. The summed E-state index contributed by atoms with van der Waals surface area (Å²) in [5.74, 6) is 1.26. The van der Waals surface area contributed by atoms with Gasteiger partial charge in [0.25, 0.3) is 0 Å². The highest BCUT2D eigenvalue weighted by Crippen LogP contribution is 2.24. The summed E-state index contributed by atoms with van der Waals surface area (Å²) in [6.07, 6.45) is 2.54. The lowest BCUT2D eigenvalue weighted by atomic mass is 10.2. The maximum atomic E-state index is 12.7. The number of nitrogens with one attached hydrogen (secondary N) is 1. The van der Waals surface area contributed by atoms with E-state index in [9.17, 15) is 9.59 Å². The quantitative estimate of drug-likeness (QED) is 0.682. The first-order chi connectivity index (χ1) is 14.6. The minimum absolute atomic E-state index is 0.0306. The molecule has 2 heterocycles. The molecular weight excluding hydrogens is 378 g/mol. The summed E-state index contributed by atoms with van der Waals surface area (Å²) in [6.45, 7) is 3.61. The van der Waals surface area contributed by atoms with Gasteiger partial charge in [0.15, 0.2) is 11.6 Å². The normalized spacial score (nSPS) is 13.4. The van der Waals surface area contributed by atoms with Gasteiger partial charge in [0.2, 0.25) is 11.8 Å². The largest absolute Gasteiger partial charge is 0.341 e. The molecule has 0 spiro atoms. The third-order valence-corrected chi connectivity index (χ3v) is 5.20. The number of carbonyl (C=O) groups is 2. The van der Waals surface area contributed by atoms with Crippen LogP contribution in [0.2, 0.25) is 0 Å². The van der Waals surface area contributed by atoms with Gasteiger partial charge in [0, 0.05) is 36.3 Å². The van der Waals surface area contributed by atoms with Gasteiger partial charge in [-0.25, -0.2) is 9.67 Å². The van der Waals surface area contributed by atoms with E-state index in [4.69, 9.17) is 4.98 Å². The molecule has 0 saturated carbocycles. The summed E-state index contributed by atoms with van der Waals surface area (Å²) in [4.78, 5) is 30.9. The number of carbonyl (C=O) groups excluding carboxylic acids is 2. The van der Waals surface area contributed by atoms with Gasteiger partial charge in [-0.1, -0.05) is 37.3 Å². The van der Waals surface area contributed by atoms with E-state index in [1.807, 2.05) is 66.4 Å². The van der Waals surface area contributed by atoms with Crippen molar-refractivity contribution in [2.45, 2.75) is 32.7 Å². The maximum absolute atomic E-state index is 12.7. The molecule has 2 aromatic carbocycles. The molecular formula is C23H25N5O2. The number of aromatic nitrogens is 3. The van der Waals surface area contributed by atoms with E-state index in [1.54, 1.807) is 4.68 Å². The minimum Gasteiger partial charge on any atom is -0.341 e. The van der Waals surface area contributed by atoms with Crippen molar-refractivity contribution < 1.29 is 9.59 Å². The number of benzene rings is 2. The Labute approximate surface area is 175 Å². The Morgan fingerprint density at radius 2 is 1.67 bits per heavy atom. The topological polar surface area (TPSA) is 80.1 Å². The highest BCUT2D eigenvalue weighted by molar-refractivity contribution is 5.90. The van der Waals surface area contributed by atoms with Crippen molar-refractivity contribution >= 4 is 17.5 Å². The zero-order chi connectivity index (χ0) is 20.9. The van der Waals surface area contributed by atoms with Crippen molar-refractivity contribution in [1.82, 2.24) is 19.7 Å². The van der Waals surface area contributed by atoms with Gasteiger partial charge in [0.05, 0.1) is 0 Å². The first kappa shape index (κ1) is 19.8. The number of rotatable bonds is 6. The fourth-order valence-electron chi connectivity index (χ4n) is 3.52. The molecule has 2 amide bonds. The van der Waals surface area contributed by atoms with Crippen molar-refractivity contribution in [3.63, 3.8) is 0 Å². The molecule has 7 nitrogen and oxygen atoms in total. The Morgan fingerprint density at radius 3 is 2.33 bits per heavy atom. The van der Waals surface area contributed by atoms with Gasteiger partial charge in [0.1, 0.15) is 6.54 Å². The molecule has 3 aromatic rings. The Kier molecular flexibility index (Phi) is 5.88. The second kappa shape index (κ2) is 8.90. The molecule has 0 radical (unpaired) electrons. The Morgan fingerprint density at radius 1 is 0.967 bits per heavy atom. The van der Waals surface area contributed by atoms with Crippen molar-refractivity contribution in [3.8, 4) is 22.8 Å². The zero-order valence-electron chi connectivity index (χ0n) is 17.0. The van der Waals surface area contributed by atoms with Crippen molar-refractivity contribution in [2.24, 2.45) is 0 Å². The van der Waals surface area contributed by atoms with Crippen LogP contribution in [-0.4, -0.2) is 44.6 Å². The SMILES string of the molecule is CCC(=O)Nc1ccc(-c2nc(-c3ccccc3)n(CC(=O)N3CCCC3)n2)cc1. The number of nitrogens with zero attached hydrogens (tertiary/aromatic N) is 4. The fourth-order valence-corrected chi connectivity index (χ4v) is 3.52. The van der Waals surface area contributed by atoms with Crippen LogP contribution in [0, 0.1) is 0 Å². The Bertz CT molecular complexity index is 1020. The van der Waals surface area contributed by atoms with Crippen molar-refractivity contribution in [1.29, 1.82) is 0 Å². The van der Waals surface area contributed by atoms with Crippen LogP contribution in [0.3, 0.4) is 0 Å². The van der Waals surface area contributed by atoms with Crippen molar-refractivity contribution in [2.75, 3.05) is 18.4 Å². The van der Waals surface area contributed by atoms with Crippen LogP contribution in [0.4, 0.5) is 5.69 Å². The van der Waals surface area contributed by atoms with Gasteiger partial charge in [-0.3, -0.25) is 9.59 Å². The van der Waals surface area contributed by atoms with Crippen LogP contribution in [0.15, 0.2) is 54.6 Å². The highest BCUT2D eigenvalue weighted by Gasteiger charge is 2.21. The average Bonchev–Trinajstić information content (AvgIpc) is 3.45. The maximum Gasteiger partial charge on any atom is 0.244 e. The average molecular weight is 403 g/mol. The highest BCUT2D eigenvalue weighted by atomic mass is 16.2. The molecule has 0 aliphatic carbocycles. The fraction of sp³-hybridized carbons (Fsp3) is 0.304. The molecule has 0 atom stereocenters.